The number of aliphatic hydroxyl groups is 1. The fourth-order valence-corrected chi connectivity index (χ4v) is 8.06. The van der Waals surface area contributed by atoms with Crippen LogP contribution in [0, 0.1) is 41.4 Å². The fraction of sp³-hybridized carbons (Fsp3) is 0.769. The van der Waals surface area contributed by atoms with Gasteiger partial charge in [-0.3, -0.25) is 9.48 Å². The van der Waals surface area contributed by atoms with Crippen molar-refractivity contribution in [2.45, 2.75) is 91.7 Å². The zero-order valence-corrected chi connectivity index (χ0v) is 19.2. The molecule has 1 N–H and O–H groups in total. The summed E-state index contributed by atoms with van der Waals surface area (Å²) in [5.74, 6) is 2.94. The maximum atomic E-state index is 13.6. The number of carbonyl (C=O) groups excluding carboxylic acids is 1. The highest BCUT2D eigenvalue weighted by Crippen LogP contribution is 2.66. The molecule has 0 amide bonds. The molecule has 0 saturated heterocycles. The summed E-state index contributed by atoms with van der Waals surface area (Å²) in [5, 5.41) is 14.8. The molecule has 0 spiro atoms. The molecule has 4 nitrogen and oxygen atoms in total. The second kappa shape index (κ2) is 7.05. The summed E-state index contributed by atoms with van der Waals surface area (Å²) in [4.78, 5) is 13.6. The molecule has 4 heteroatoms. The molecule has 5 rings (SSSR count). The van der Waals surface area contributed by atoms with Crippen LogP contribution < -0.4 is 0 Å². The fourth-order valence-electron chi connectivity index (χ4n) is 8.06. The number of hydrogen-bond acceptors (Lipinski definition) is 3. The summed E-state index contributed by atoms with van der Waals surface area (Å²) in [6, 6.07) is 0. The van der Waals surface area contributed by atoms with E-state index in [-0.39, 0.29) is 11.5 Å². The topological polar surface area (TPSA) is 55.1 Å². The van der Waals surface area contributed by atoms with Gasteiger partial charge in [-0.1, -0.05) is 13.8 Å². The Morgan fingerprint density at radius 3 is 2.73 bits per heavy atom. The molecule has 7 atom stereocenters. The lowest BCUT2D eigenvalue weighted by atomic mass is 9.45. The number of rotatable bonds is 2. The number of aliphatic hydroxyl groups excluding tert-OH is 1. The van der Waals surface area contributed by atoms with Crippen LogP contribution in [0.1, 0.15) is 83.4 Å². The molecule has 1 aromatic heterocycles. The van der Waals surface area contributed by atoms with Crippen LogP contribution in [0.3, 0.4) is 0 Å². The Morgan fingerprint density at radius 1 is 1.20 bits per heavy atom. The van der Waals surface area contributed by atoms with Gasteiger partial charge in [0.2, 0.25) is 0 Å². The predicted molar refractivity (Wildman–Crippen MR) is 119 cm³/mol. The van der Waals surface area contributed by atoms with E-state index < -0.39 is 0 Å². The normalized spacial score (nSPS) is 44.6. The lowest BCUT2D eigenvalue weighted by molar-refractivity contribution is -0.141. The van der Waals surface area contributed by atoms with Crippen LogP contribution in [0.5, 0.6) is 0 Å². The van der Waals surface area contributed by atoms with Gasteiger partial charge in [0.15, 0.2) is 5.78 Å². The summed E-state index contributed by atoms with van der Waals surface area (Å²) in [6.07, 6.45) is 12.9. The number of hydrogen-bond donors (Lipinski definition) is 1. The highest BCUT2D eigenvalue weighted by molar-refractivity contribution is 6.06. The summed E-state index contributed by atoms with van der Waals surface area (Å²) in [5.41, 5.74) is 3.34. The van der Waals surface area contributed by atoms with Gasteiger partial charge in [0, 0.05) is 23.7 Å². The van der Waals surface area contributed by atoms with E-state index in [1.165, 1.54) is 19.3 Å². The molecular formula is C26H38N2O2. The smallest absolute Gasteiger partial charge is 0.165 e. The molecule has 1 aromatic rings. The number of nitrogens with zero attached hydrogens (tertiary/aromatic N) is 2. The molecule has 0 aromatic carbocycles. The van der Waals surface area contributed by atoms with Gasteiger partial charge in [-0.15, -0.1) is 0 Å². The first-order valence-electron chi connectivity index (χ1n) is 12.2. The first-order valence-corrected chi connectivity index (χ1v) is 12.2. The lowest BCUT2D eigenvalue weighted by Crippen LogP contribution is -2.54. The number of aryl methyl sites for hydroxylation is 2. The standard InChI is InChI=1S/C26H38N2O2/c1-5-28-15-18(16(2)27-28)12-17-13-23-21-7-6-19-14-20(29)8-10-25(19,3)22(21)9-11-26(23,4)24(17)30/h12,15,19-23,29H,5-11,13-14H2,1-4H3/b17-12+. The van der Waals surface area contributed by atoms with E-state index in [0.717, 1.165) is 61.4 Å². The van der Waals surface area contributed by atoms with Crippen LogP contribution >= 0.6 is 0 Å². The summed E-state index contributed by atoms with van der Waals surface area (Å²) in [7, 11) is 0. The highest BCUT2D eigenvalue weighted by Gasteiger charge is 2.61. The molecule has 7 unspecified atom stereocenters. The first kappa shape index (κ1) is 20.5. The second-order valence-electron chi connectivity index (χ2n) is 11.3. The van der Waals surface area contributed by atoms with Crippen LogP contribution in [0.25, 0.3) is 6.08 Å². The van der Waals surface area contributed by atoms with E-state index in [2.05, 4.69) is 38.1 Å². The highest BCUT2D eigenvalue weighted by atomic mass is 16.3. The Balaban J connectivity index is 1.45. The molecule has 30 heavy (non-hydrogen) atoms. The minimum Gasteiger partial charge on any atom is -0.393 e. The van der Waals surface area contributed by atoms with Crippen molar-refractivity contribution in [2.75, 3.05) is 0 Å². The molecule has 4 fully saturated rings. The van der Waals surface area contributed by atoms with Gasteiger partial charge in [0.25, 0.3) is 0 Å². The van der Waals surface area contributed by atoms with E-state index in [9.17, 15) is 9.90 Å². The van der Waals surface area contributed by atoms with Gasteiger partial charge in [-0.2, -0.15) is 5.10 Å². The van der Waals surface area contributed by atoms with Gasteiger partial charge in [0.1, 0.15) is 0 Å². The van der Waals surface area contributed by atoms with Gasteiger partial charge in [0.05, 0.1) is 11.8 Å². The second-order valence-corrected chi connectivity index (χ2v) is 11.3. The largest absolute Gasteiger partial charge is 0.393 e. The van der Waals surface area contributed by atoms with Gasteiger partial charge < -0.3 is 5.11 Å². The molecule has 4 aliphatic carbocycles. The Kier molecular flexibility index (Phi) is 4.81. The van der Waals surface area contributed by atoms with E-state index in [1.807, 2.05) is 11.6 Å². The third-order valence-corrected chi connectivity index (χ3v) is 9.92. The van der Waals surface area contributed by atoms with Crippen LogP contribution in [0.15, 0.2) is 11.8 Å². The third-order valence-electron chi connectivity index (χ3n) is 9.92. The van der Waals surface area contributed by atoms with Crippen LogP contribution in [0.4, 0.5) is 0 Å². The quantitative estimate of drug-likeness (QED) is 0.684. The van der Waals surface area contributed by atoms with E-state index >= 15 is 0 Å². The summed E-state index contributed by atoms with van der Waals surface area (Å²) >= 11 is 0. The van der Waals surface area contributed by atoms with Gasteiger partial charge in [-0.25, -0.2) is 0 Å². The molecule has 1 heterocycles. The number of fused-ring (bicyclic) bond motifs is 5. The van der Waals surface area contributed by atoms with Crippen molar-refractivity contribution in [1.82, 2.24) is 9.78 Å². The Hall–Kier alpha value is -1.42. The maximum absolute atomic E-state index is 13.6. The van der Waals surface area contributed by atoms with Crippen molar-refractivity contribution in [1.29, 1.82) is 0 Å². The Morgan fingerprint density at radius 2 is 2.00 bits per heavy atom. The van der Waals surface area contributed by atoms with E-state index in [1.54, 1.807) is 0 Å². The summed E-state index contributed by atoms with van der Waals surface area (Å²) < 4.78 is 1.96. The molecule has 0 aliphatic heterocycles. The van der Waals surface area contributed by atoms with E-state index in [4.69, 9.17) is 0 Å². The molecule has 0 radical (unpaired) electrons. The Bertz CT molecular complexity index is 886. The number of Topliss-reactive ketones (excluding diaryl/α,β-unsaturated/α-hetero) is 1. The van der Waals surface area contributed by atoms with Crippen molar-refractivity contribution in [3.63, 3.8) is 0 Å². The SMILES string of the molecule is CCn1cc(/C=C2\CC3C4CCC5CC(O)CCC5(C)C4CCC3(C)C2=O)c(C)n1. The average molecular weight is 411 g/mol. The zero-order valence-electron chi connectivity index (χ0n) is 19.2. The molecule has 4 saturated carbocycles. The number of allylic oxidation sites excluding steroid dienone is 1. The summed E-state index contributed by atoms with van der Waals surface area (Å²) in [6.45, 7) is 9.78. The van der Waals surface area contributed by atoms with Gasteiger partial charge in [-0.05, 0) is 106 Å². The van der Waals surface area contributed by atoms with Crippen molar-refractivity contribution >= 4 is 11.9 Å². The van der Waals surface area contributed by atoms with Crippen molar-refractivity contribution in [3.8, 4) is 0 Å². The molecule has 4 aliphatic rings. The monoisotopic (exact) mass is 410 g/mol. The van der Waals surface area contributed by atoms with Crippen LogP contribution in [-0.2, 0) is 11.3 Å². The predicted octanol–water partition coefficient (Wildman–Crippen LogP) is 5.18. The molecule has 0 bridgehead atoms. The maximum Gasteiger partial charge on any atom is 0.165 e. The average Bonchev–Trinajstić information content (AvgIpc) is 3.20. The lowest BCUT2D eigenvalue weighted by Gasteiger charge is -2.59. The minimum atomic E-state index is -0.182. The van der Waals surface area contributed by atoms with Gasteiger partial charge >= 0.3 is 0 Å². The minimum absolute atomic E-state index is 0.0941. The van der Waals surface area contributed by atoms with Crippen molar-refractivity contribution < 1.29 is 9.90 Å². The number of ketones is 1. The molecular weight excluding hydrogens is 372 g/mol. The Labute approximate surface area is 181 Å². The third kappa shape index (κ3) is 2.89. The zero-order chi connectivity index (χ0) is 21.3. The number of aromatic nitrogens is 2. The van der Waals surface area contributed by atoms with Crippen molar-refractivity contribution in [3.05, 3.63) is 23.0 Å². The first-order chi connectivity index (χ1) is 14.3. The van der Waals surface area contributed by atoms with E-state index in [0.29, 0.717) is 29.0 Å². The van der Waals surface area contributed by atoms with Crippen LogP contribution in [0.2, 0.25) is 0 Å². The number of carbonyl (C=O) groups is 1. The van der Waals surface area contributed by atoms with Crippen molar-refractivity contribution in [2.24, 2.45) is 34.5 Å². The van der Waals surface area contributed by atoms with Crippen LogP contribution in [-0.4, -0.2) is 26.8 Å². The molecule has 164 valence electrons.